The predicted octanol–water partition coefficient (Wildman–Crippen LogP) is 3.51. The molecule has 0 aliphatic carbocycles. The Labute approximate surface area is 171 Å². The monoisotopic (exact) mass is 409 g/mol. The smallest absolute Gasteiger partial charge is 0.270 e. The van der Waals surface area contributed by atoms with E-state index < -0.39 is 5.56 Å². The van der Waals surface area contributed by atoms with Crippen LogP contribution in [0.25, 0.3) is 11.3 Å². The molecule has 1 heterocycles. The number of H-pyrrole nitrogens is 1. The molecular formula is C20H16ClN5O3. The van der Waals surface area contributed by atoms with Crippen molar-refractivity contribution in [1.82, 2.24) is 9.97 Å². The molecule has 0 aliphatic rings. The number of rotatable bonds is 6. The summed E-state index contributed by atoms with van der Waals surface area (Å²) in [5.74, 6) is 0.154. The SMILES string of the molecule is CCOc1cc(C=NNc2nc(-c3ccccc3)c(C#N)c(=O)[nH]2)cc(Cl)c1O. The number of ether oxygens (including phenoxy) is 1. The zero-order valence-corrected chi connectivity index (χ0v) is 16.1. The lowest BCUT2D eigenvalue weighted by Gasteiger charge is -2.08. The van der Waals surface area contributed by atoms with E-state index in [9.17, 15) is 15.2 Å². The lowest BCUT2D eigenvalue weighted by molar-refractivity contribution is 0.318. The molecular weight excluding hydrogens is 394 g/mol. The Kier molecular flexibility index (Phi) is 6.12. The molecule has 0 fully saturated rings. The van der Waals surface area contributed by atoms with Crippen LogP contribution in [-0.4, -0.2) is 27.9 Å². The van der Waals surface area contributed by atoms with E-state index in [1.54, 1.807) is 37.3 Å². The number of benzene rings is 2. The van der Waals surface area contributed by atoms with E-state index in [1.807, 2.05) is 12.1 Å². The van der Waals surface area contributed by atoms with Crippen LogP contribution in [0, 0.1) is 11.3 Å². The van der Waals surface area contributed by atoms with E-state index in [2.05, 4.69) is 20.5 Å². The molecule has 0 saturated heterocycles. The van der Waals surface area contributed by atoms with Crippen molar-refractivity contribution < 1.29 is 9.84 Å². The van der Waals surface area contributed by atoms with Crippen molar-refractivity contribution in [2.45, 2.75) is 6.92 Å². The van der Waals surface area contributed by atoms with E-state index in [0.29, 0.717) is 17.7 Å². The Hall–Kier alpha value is -3.83. The van der Waals surface area contributed by atoms with Crippen LogP contribution in [0.4, 0.5) is 5.95 Å². The number of halogens is 1. The van der Waals surface area contributed by atoms with Crippen LogP contribution in [0.5, 0.6) is 11.5 Å². The summed E-state index contributed by atoms with van der Waals surface area (Å²) in [5.41, 5.74) is 3.41. The minimum absolute atomic E-state index is 0.0685. The molecule has 1 aromatic heterocycles. The Morgan fingerprint density at radius 2 is 2.14 bits per heavy atom. The lowest BCUT2D eigenvalue weighted by Crippen LogP contribution is -2.16. The summed E-state index contributed by atoms with van der Waals surface area (Å²) >= 11 is 5.99. The quantitative estimate of drug-likeness (QED) is 0.422. The number of nitrogens with one attached hydrogen (secondary N) is 2. The number of nitrogens with zero attached hydrogens (tertiary/aromatic N) is 3. The van der Waals surface area contributed by atoms with Gasteiger partial charge in [-0.05, 0) is 24.6 Å². The minimum Gasteiger partial charge on any atom is -0.503 e. The van der Waals surface area contributed by atoms with E-state index in [-0.39, 0.29) is 33.7 Å². The molecule has 0 unspecified atom stereocenters. The topological polar surface area (TPSA) is 123 Å². The average molecular weight is 410 g/mol. The predicted molar refractivity (Wildman–Crippen MR) is 111 cm³/mol. The van der Waals surface area contributed by atoms with Crippen LogP contribution in [0.3, 0.4) is 0 Å². The van der Waals surface area contributed by atoms with E-state index in [1.165, 1.54) is 12.3 Å². The molecule has 3 N–H and O–H groups in total. The molecule has 9 heteroatoms. The molecule has 3 aromatic rings. The fraction of sp³-hybridized carbons (Fsp3) is 0.100. The highest BCUT2D eigenvalue weighted by atomic mass is 35.5. The number of hydrogen-bond acceptors (Lipinski definition) is 7. The first-order chi connectivity index (χ1) is 14.0. The molecule has 146 valence electrons. The highest BCUT2D eigenvalue weighted by molar-refractivity contribution is 6.32. The fourth-order valence-corrected chi connectivity index (χ4v) is 2.76. The largest absolute Gasteiger partial charge is 0.503 e. The standard InChI is InChI=1S/C20H16ClN5O3/c1-2-29-16-9-12(8-15(21)18(16)27)11-23-26-20-24-17(13-6-4-3-5-7-13)14(10-22)19(28)25-20/h3-9,11,27H,2H2,1H3,(H2,24,25,26,28). The minimum atomic E-state index is -0.578. The normalized spacial score (nSPS) is 10.7. The summed E-state index contributed by atoms with van der Waals surface area (Å²) in [6, 6.07) is 13.9. The lowest BCUT2D eigenvalue weighted by atomic mass is 10.1. The second-order valence-electron chi connectivity index (χ2n) is 5.77. The van der Waals surface area contributed by atoms with Gasteiger partial charge in [-0.15, -0.1) is 0 Å². The van der Waals surface area contributed by atoms with Crippen LogP contribution < -0.4 is 15.7 Å². The van der Waals surface area contributed by atoms with Crippen LogP contribution in [0.1, 0.15) is 18.1 Å². The van der Waals surface area contributed by atoms with Crippen molar-refractivity contribution in [3.63, 3.8) is 0 Å². The number of aromatic nitrogens is 2. The fourth-order valence-electron chi connectivity index (χ4n) is 2.54. The molecule has 0 saturated carbocycles. The molecule has 0 amide bonds. The third kappa shape index (κ3) is 4.54. The Morgan fingerprint density at radius 1 is 1.38 bits per heavy atom. The summed E-state index contributed by atoms with van der Waals surface area (Å²) in [5, 5.41) is 23.3. The number of anilines is 1. The summed E-state index contributed by atoms with van der Waals surface area (Å²) in [6.45, 7) is 2.15. The van der Waals surface area contributed by atoms with Gasteiger partial charge in [0.15, 0.2) is 11.5 Å². The van der Waals surface area contributed by atoms with Crippen molar-refractivity contribution >= 4 is 23.8 Å². The van der Waals surface area contributed by atoms with Crippen molar-refractivity contribution in [3.05, 3.63) is 69.0 Å². The van der Waals surface area contributed by atoms with Gasteiger partial charge in [-0.2, -0.15) is 10.4 Å². The third-order valence-corrected chi connectivity index (χ3v) is 4.10. The zero-order valence-electron chi connectivity index (χ0n) is 15.3. The molecule has 29 heavy (non-hydrogen) atoms. The Bertz CT molecular complexity index is 1150. The summed E-state index contributed by atoms with van der Waals surface area (Å²) in [7, 11) is 0. The van der Waals surface area contributed by atoms with E-state index in [0.717, 1.165) is 0 Å². The molecule has 0 bridgehead atoms. The number of nitriles is 1. The first-order valence-electron chi connectivity index (χ1n) is 8.57. The summed E-state index contributed by atoms with van der Waals surface area (Å²) in [4.78, 5) is 19.0. The molecule has 2 aromatic carbocycles. The van der Waals surface area contributed by atoms with E-state index >= 15 is 0 Å². The molecule has 3 rings (SSSR count). The maximum atomic E-state index is 12.2. The van der Waals surface area contributed by atoms with Gasteiger partial charge in [0, 0.05) is 5.56 Å². The van der Waals surface area contributed by atoms with Gasteiger partial charge in [0.2, 0.25) is 5.95 Å². The number of hydrogen-bond donors (Lipinski definition) is 3. The van der Waals surface area contributed by atoms with Crippen LogP contribution in [-0.2, 0) is 0 Å². The van der Waals surface area contributed by atoms with Crippen LogP contribution in [0.15, 0.2) is 52.4 Å². The average Bonchev–Trinajstić information content (AvgIpc) is 2.72. The van der Waals surface area contributed by atoms with Gasteiger partial charge in [-0.25, -0.2) is 10.4 Å². The van der Waals surface area contributed by atoms with Gasteiger partial charge >= 0.3 is 0 Å². The van der Waals surface area contributed by atoms with Crippen molar-refractivity contribution in [1.29, 1.82) is 5.26 Å². The van der Waals surface area contributed by atoms with Gasteiger partial charge in [-0.3, -0.25) is 9.78 Å². The van der Waals surface area contributed by atoms with Gasteiger partial charge in [0.1, 0.15) is 11.6 Å². The first kappa shape index (κ1) is 19.9. The second-order valence-corrected chi connectivity index (χ2v) is 6.18. The summed E-state index contributed by atoms with van der Waals surface area (Å²) in [6.07, 6.45) is 1.42. The first-order valence-corrected chi connectivity index (χ1v) is 8.95. The second kappa shape index (κ2) is 8.91. The number of phenolic OH excluding ortho intramolecular Hbond substituents is 1. The summed E-state index contributed by atoms with van der Waals surface area (Å²) < 4.78 is 5.32. The van der Waals surface area contributed by atoms with Crippen molar-refractivity contribution in [2.75, 3.05) is 12.0 Å². The van der Waals surface area contributed by atoms with Crippen molar-refractivity contribution in [2.24, 2.45) is 5.10 Å². The highest BCUT2D eigenvalue weighted by Gasteiger charge is 2.13. The number of aromatic hydroxyl groups is 1. The maximum Gasteiger partial charge on any atom is 0.270 e. The highest BCUT2D eigenvalue weighted by Crippen LogP contribution is 2.34. The van der Waals surface area contributed by atoms with Crippen molar-refractivity contribution in [3.8, 4) is 28.8 Å². The number of phenols is 1. The molecule has 0 aliphatic heterocycles. The molecule has 8 nitrogen and oxygen atoms in total. The third-order valence-electron chi connectivity index (χ3n) is 3.81. The number of aromatic amines is 1. The molecule has 0 radical (unpaired) electrons. The zero-order chi connectivity index (χ0) is 20.8. The van der Waals surface area contributed by atoms with Crippen LogP contribution in [0.2, 0.25) is 5.02 Å². The van der Waals surface area contributed by atoms with E-state index in [4.69, 9.17) is 16.3 Å². The van der Waals surface area contributed by atoms with Crippen LogP contribution >= 0.6 is 11.6 Å². The Morgan fingerprint density at radius 3 is 2.83 bits per heavy atom. The van der Waals surface area contributed by atoms with Gasteiger partial charge in [0.25, 0.3) is 5.56 Å². The maximum absolute atomic E-state index is 12.2. The van der Waals surface area contributed by atoms with Gasteiger partial charge < -0.3 is 9.84 Å². The molecule has 0 atom stereocenters. The van der Waals surface area contributed by atoms with Gasteiger partial charge in [0.05, 0.1) is 23.5 Å². The molecule has 0 spiro atoms. The van der Waals surface area contributed by atoms with Gasteiger partial charge in [-0.1, -0.05) is 41.9 Å². The Balaban J connectivity index is 1.89. The number of hydrazone groups is 1.